The fraction of sp³-hybridized carbons (Fsp3) is 0.382. The van der Waals surface area contributed by atoms with E-state index >= 15 is 4.39 Å². The lowest BCUT2D eigenvalue weighted by molar-refractivity contribution is 0.208. The van der Waals surface area contributed by atoms with Gasteiger partial charge >= 0.3 is 0 Å². The Hall–Kier alpha value is -3.84. The van der Waals surface area contributed by atoms with Crippen molar-refractivity contribution >= 4 is 33.1 Å². The molecule has 1 aliphatic heterocycles. The minimum Gasteiger partial charge on any atom is -0.451 e. The van der Waals surface area contributed by atoms with Crippen LogP contribution in [0.25, 0.3) is 33.1 Å². The first-order valence-corrected chi connectivity index (χ1v) is 14.8. The molecule has 1 aliphatic rings. The fourth-order valence-corrected chi connectivity index (χ4v) is 5.19. The van der Waals surface area contributed by atoms with Crippen molar-refractivity contribution < 1.29 is 14.2 Å². The van der Waals surface area contributed by atoms with Crippen LogP contribution >= 0.6 is 0 Å². The monoisotopic (exact) mass is 559 g/mol. The van der Waals surface area contributed by atoms with E-state index in [-0.39, 0.29) is 28.8 Å². The third-order valence-electron chi connectivity index (χ3n) is 7.42. The van der Waals surface area contributed by atoms with E-state index in [4.69, 9.17) is 4.74 Å². The van der Waals surface area contributed by atoms with Crippen LogP contribution in [-0.4, -0.2) is 28.9 Å². The van der Waals surface area contributed by atoms with Crippen LogP contribution in [-0.2, 0) is 0 Å². The van der Waals surface area contributed by atoms with Gasteiger partial charge in [0.2, 0.25) is 0 Å². The van der Waals surface area contributed by atoms with E-state index in [1.54, 1.807) is 13.1 Å². The number of benzene rings is 3. The largest absolute Gasteiger partial charge is 0.451 e. The van der Waals surface area contributed by atoms with E-state index in [2.05, 4.69) is 31.1 Å². The Morgan fingerprint density at radius 3 is 2.51 bits per heavy atom. The van der Waals surface area contributed by atoms with Gasteiger partial charge in [-0.1, -0.05) is 77.8 Å². The van der Waals surface area contributed by atoms with Gasteiger partial charge in [-0.25, -0.2) is 4.39 Å². The number of aromatic nitrogens is 1. The normalized spacial score (nSPS) is 13.0. The molecule has 1 aromatic heterocycles. The van der Waals surface area contributed by atoms with E-state index in [9.17, 15) is 9.90 Å². The van der Waals surface area contributed by atoms with Crippen LogP contribution in [0.2, 0.25) is 0 Å². The average Bonchev–Trinajstić information content (AvgIpc) is 2.96. The molecule has 2 unspecified atom stereocenters. The van der Waals surface area contributed by atoms with Gasteiger partial charge in [-0.15, -0.1) is 0 Å². The number of hydrogen-bond acceptors (Lipinski definition) is 5. The number of aliphatic hydroxyl groups excluding tert-OH is 1. The highest BCUT2D eigenvalue weighted by Gasteiger charge is 2.28. The molecule has 0 saturated heterocycles. The Balaban J connectivity index is 0.00000189. The van der Waals surface area contributed by atoms with Crippen molar-refractivity contribution in [3.63, 3.8) is 0 Å². The lowest BCUT2D eigenvalue weighted by Gasteiger charge is -2.27. The molecule has 4 aromatic rings. The number of anilines is 1. The van der Waals surface area contributed by atoms with Gasteiger partial charge in [-0.05, 0) is 48.2 Å². The molecule has 0 aliphatic carbocycles. The summed E-state index contributed by atoms with van der Waals surface area (Å²) in [6.07, 6.45) is 5.60. The molecule has 0 radical (unpaired) electrons. The number of nitrogens with one attached hydrogen (secondary N) is 2. The summed E-state index contributed by atoms with van der Waals surface area (Å²) < 4.78 is 23.7. The average molecular weight is 560 g/mol. The Bertz CT molecular complexity index is 1610. The summed E-state index contributed by atoms with van der Waals surface area (Å²) in [6.45, 7) is 15.1. The van der Waals surface area contributed by atoms with Crippen molar-refractivity contribution in [2.75, 3.05) is 18.4 Å². The van der Waals surface area contributed by atoms with Crippen LogP contribution in [0.1, 0.15) is 65.9 Å². The smallest absolute Gasteiger partial charge is 0.198 e. The summed E-state index contributed by atoms with van der Waals surface area (Å²) in [4.78, 5) is 13.7. The maximum absolute atomic E-state index is 15.5. The molecule has 5 rings (SSSR count). The quantitative estimate of drug-likeness (QED) is 0.153. The third-order valence-corrected chi connectivity index (χ3v) is 7.42. The van der Waals surface area contributed by atoms with Gasteiger partial charge in [-0.3, -0.25) is 4.79 Å². The second kappa shape index (κ2) is 13.2. The highest BCUT2D eigenvalue weighted by Crippen LogP contribution is 2.46. The number of fused-ring (bicyclic) bond motifs is 3. The lowest BCUT2D eigenvalue weighted by Crippen LogP contribution is -2.24. The van der Waals surface area contributed by atoms with Crippen molar-refractivity contribution in [3.8, 4) is 17.2 Å². The Morgan fingerprint density at radius 2 is 1.83 bits per heavy atom. The highest BCUT2D eigenvalue weighted by atomic mass is 19.1. The van der Waals surface area contributed by atoms with Crippen molar-refractivity contribution in [2.24, 2.45) is 5.92 Å². The zero-order valence-corrected chi connectivity index (χ0v) is 24.8. The van der Waals surface area contributed by atoms with Gasteiger partial charge < -0.3 is 25.0 Å². The summed E-state index contributed by atoms with van der Waals surface area (Å²) in [7, 11) is 0. The molecule has 41 heavy (non-hydrogen) atoms. The number of unbranched alkanes of at least 4 members (excludes halogenated alkanes) is 1. The lowest BCUT2D eigenvalue weighted by atomic mass is 10.0. The second-order valence-corrected chi connectivity index (χ2v) is 10.6. The molecule has 0 amide bonds. The van der Waals surface area contributed by atoms with Gasteiger partial charge in [0.15, 0.2) is 22.7 Å². The molecule has 3 N–H and O–H groups in total. The third kappa shape index (κ3) is 6.25. The second-order valence-electron chi connectivity index (χ2n) is 10.6. The molecule has 0 bridgehead atoms. The highest BCUT2D eigenvalue weighted by molar-refractivity contribution is 5.97. The van der Waals surface area contributed by atoms with Crippen molar-refractivity contribution in [1.82, 2.24) is 9.88 Å². The molecule has 7 heteroatoms. The van der Waals surface area contributed by atoms with Gasteiger partial charge in [-0.2, -0.15) is 0 Å². The van der Waals surface area contributed by atoms with Gasteiger partial charge in [0.05, 0.1) is 22.7 Å². The fourth-order valence-electron chi connectivity index (χ4n) is 5.19. The van der Waals surface area contributed by atoms with E-state index in [0.717, 1.165) is 22.9 Å². The Labute approximate surface area is 241 Å². The zero-order chi connectivity index (χ0) is 29.7. The number of hydrogen-bond donors (Lipinski definition) is 3. The summed E-state index contributed by atoms with van der Waals surface area (Å²) in [5, 5.41) is 18.3. The molecule has 0 spiro atoms. The van der Waals surface area contributed by atoms with E-state index in [1.807, 2.05) is 54.8 Å². The summed E-state index contributed by atoms with van der Waals surface area (Å²) in [5.74, 6) is 0.726. The van der Waals surface area contributed by atoms with Crippen LogP contribution in [0.3, 0.4) is 0 Å². The van der Waals surface area contributed by atoms with E-state index in [1.165, 1.54) is 25.3 Å². The van der Waals surface area contributed by atoms with E-state index < -0.39 is 11.9 Å². The molecule has 2 heterocycles. The molecule has 0 fully saturated rings. The van der Waals surface area contributed by atoms with Crippen LogP contribution in [0.15, 0.2) is 60.0 Å². The Kier molecular flexibility index (Phi) is 9.71. The summed E-state index contributed by atoms with van der Waals surface area (Å²) in [5.41, 5.74) is 1.93. The van der Waals surface area contributed by atoms with Crippen LogP contribution < -0.4 is 20.8 Å². The number of ether oxygens (including phenoxy) is 1. The predicted molar refractivity (Wildman–Crippen MR) is 169 cm³/mol. The van der Waals surface area contributed by atoms with Crippen molar-refractivity contribution in [2.45, 2.75) is 66.4 Å². The minimum absolute atomic E-state index is 0.112. The van der Waals surface area contributed by atoms with Crippen LogP contribution in [0, 0.1) is 11.7 Å². The number of halogens is 1. The number of pyridine rings is 1. The maximum Gasteiger partial charge on any atom is 0.198 e. The number of aliphatic hydroxyl groups is 1. The van der Waals surface area contributed by atoms with Crippen LogP contribution in [0.4, 0.5) is 10.1 Å². The molecular weight excluding hydrogens is 517 g/mol. The summed E-state index contributed by atoms with van der Waals surface area (Å²) >= 11 is 0. The number of rotatable bonds is 11. The topological polar surface area (TPSA) is 75.5 Å². The van der Waals surface area contributed by atoms with Crippen molar-refractivity contribution in [3.05, 3.63) is 76.8 Å². The van der Waals surface area contributed by atoms with Gasteiger partial charge in [0.1, 0.15) is 11.2 Å². The number of nitrogens with zero attached hydrogens (tertiary/aromatic N) is 1. The summed E-state index contributed by atoms with van der Waals surface area (Å²) in [6, 6.07) is 13.1. The van der Waals surface area contributed by atoms with Gasteiger partial charge in [0, 0.05) is 25.0 Å². The SMILES string of the molecule is C=C(NCCC(C)CCCC)c1cn2c3c(c(NCC(C)O)c(F)cc3c1=O)Oc1cc3ccccc3cc1-2.CC. The zero-order valence-electron chi connectivity index (χ0n) is 24.8. The molecule has 0 saturated carbocycles. The molecular formula is C34H42FN3O3. The van der Waals surface area contributed by atoms with Crippen molar-refractivity contribution in [1.29, 1.82) is 0 Å². The minimum atomic E-state index is -0.698. The first kappa shape index (κ1) is 30.1. The maximum atomic E-state index is 15.5. The van der Waals surface area contributed by atoms with Crippen LogP contribution in [0.5, 0.6) is 11.5 Å². The first-order chi connectivity index (χ1) is 19.8. The van der Waals surface area contributed by atoms with Gasteiger partial charge in [0.25, 0.3) is 0 Å². The molecule has 2 atom stereocenters. The molecule has 6 nitrogen and oxygen atoms in total. The van der Waals surface area contributed by atoms with E-state index in [0.29, 0.717) is 35.0 Å². The molecule has 3 aromatic carbocycles. The Morgan fingerprint density at radius 1 is 1.12 bits per heavy atom. The molecule has 218 valence electrons. The predicted octanol–water partition coefficient (Wildman–Crippen LogP) is 7.98. The standard InChI is InChI=1S/C32H36FN3O3.C2H6/c1-5-6-9-19(2)12-13-34-21(4)25-18-36-27-14-22-10-7-8-11-23(22)15-28(27)39-32-29(35-17-20(3)37)26(33)16-24(30(32)36)31(25)38;1-2/h7-8,10-11,14-16,18-20,34-35,37H,4-6,9,12-13,17H2,1-3H3;1-2H3. The first-order valence-electron chi connectivity index (χ1n) is 14.8.